The van der Waals surface area contributed by atoms with E-state index in [1.54, 1.807) is 0 Å². The third-order valence-corrected chi connectivity index (χ3v) is 12.3. The van der Waals surface area contributed by atoms with Gasteiger partial charge in [0.05, 0.1) is 6.61 Å². The Kier molecular flexibility index (Phi) is 6.21. The molecule has 29 heavy (non-hydrogen) atoms. The van der Waals surface area contributed by atoms with Gasteiger partial charge in [-0.25, -0.2) is 0 Å². The Morgan fingerprint density at radius 2 is 1.45 bits per heavy atom. The van der Waals surface area contributed by atoms with E-state index in [9.17, 15) is 4.79 Å². The molecule has 0 bridgehead atoms. The van der Waals surface area contributed by atoms with Crippen LogP contribution in [0.3, 0.4) is 0 Å². The van der Waals surface area contributed by atoms with Gasteiger partial charge in [0, 0.05) is 5.92 Å². The fourth-order valence-electron chi connectivity index (χ4n) is 5.12. The Morgan fingerprint density at radius 1 is 0.966 bits per heavy atom. The standard InChI is InChI=1S/C26H36O2Si/c1-20-17-18-23(26(20,5)6)24(27)19-28-29(25(2,3)4,21-13-9-7-10-14-21)22-15-11-8-12-16-22/h7-16,20,23H,17-19H2,1-6H3/t20-,23-/m1/s1. The van der Waals surface area contributed by atoms with Gasteiger partial charge in [-0.15, -0.1) is 0 Å². The van der Waals surface area contributed by atoms with Crippen molar-refractivity contribution in [1.82, 2.24) is 0 Å². The molecular weight excluding hydrogens is 372 g/mol. The lowest BCUT2D eigenvalue weighted by Crippen LogP contribution is -2.67. The average molecular weight is 409 g/mol. The number of rotatable bonds is 6. The summed E-state index contributed by atoms with van der Waals surface area (Å²) in [6.07, 6.45) is 2.11. The number of hydrogen-bond acceptors (Lipinski definition) is 2. The van der Waals surface area contributed by atoms with Crippen LogP contribution in [-0.2, 0) is 9.22 Å². The maximum Gasteiger partial charge on any atom is 0.261 e. The molecule has 2 aromatic rings. The zero-order valence-corrected chi connectivity index (χ0v) is 19.9. The van der Waals surface area contributed by atoms with E-state index in [0.29, 0.717) is 5.92 Å². The summed E-state index contributed by atoms with van der Waals surface area (Å²) in [7, 11) is -2.65. The summed E-state index contributed by atoms with van der Waals surface area (Å²) >= 11 is 0. The van der Waals surface area contributed by atoms with E-state index in [2.05, 4.69) is 90.1 Å². The van der Waals surface area contributed by atoms with Crippen molar-refractivity contribution in [2.75, 3.05) is 6.61 Å². The van der Waals surface area contributed by atoms with Crippen LogP contribution in [0.5, 0.6) is 0 Å². The number of Topliss-reactive ketones (excluding diaryl/α,β-unsaturated/α-hetero) is 1. The fraction of sp³-hybridized carbons (Fsp3) is 0.500. The van der Waals surface area contributed by atoms with Crippen molar-refractivity contribution in [3.8, 4) is 0 Å². The maximum atomic E-state index is 13.3. The second-order valence-corrected chi connectivity index (χ2v) is 14.6. The highest BCUT2D eigenvalue weighted by atomic mass is 28.4. The van der Waals surface area contributed by atoms with E-state index in [4.69, 9.17) is 4.43 Å². The molecule has 0 N–H and O–H groups in total. The Bertz CT molecular complexity index is 781. The molecule has 0 amide bonds. The van der Waals surface area contributed by atoms with Crippen LogP contribution in [0.4, 0.5) is 0 Å². The molecule has 1 saturated carbocycles. The molecule has 1 aliphatic carbocycles. The predicted molar refractivity (Wildman–Crippen MR) is 124 cm³/mol. The van der Waals surface area contributed by atoms with Crippen molar-refractivity contribution >= 4 is 24.5 Å². The molecule has 0 aromatic heterocycles. The van der Waals surface area contributed by atoms with E-state index in [-0.39, 0.29) is 28.8 Å². The summed E-state index contributed by atoms with van der Waals surface area (Å²) < 4.78 is 6.86. The van der Waals surface area contributed by atoms with Crippen molar-refractivity contribution in [2.45, 2.75) is 59.4 Å². The van der Waals surface area contributed by atoms with Crippen LogP contribution in [0, 0.1) is 17.3 Å². The summed E-state index contributed by atoms with van der Waals surface area (Å²) in [6, 6.07) is 21.1. The first-order valence-electron chi connectivity index (χ1n) is 10.9. The van der Waals surface area contributed by atoms with E-state index in [0.717, 1.165) is 12.8 Å². The van der Waals surface area contributed by atoms with E-state index in [1.165, 1.54) is 10.4 Å². The number of carbonyl (C=O) groups excluding carboxylic acids is 1. The third-order valence-electron chi connectivity index (χ3n) is 7.29. The highest BCUT2D eigenvalue weighted by molar-refractivity contribution is 6.99. The van der Waals surface area contributed by atoms with Gasteiger partial charge in [0.1, 0.15) is 0 Å². The zero-order valence-electron chi connectivity index (χ0n) is 18.9. The van der Waals surface area contributed by atoms with E-state index in [1.807, 2.05) is 12.1 Å². The van der Waals surface area contributed by atoms with Gasteiger partial charge < -0.3 is 4.43 Å². The highest BCUT2D eigenvalue weighted by Gasteiger charge is 2.51. The van der Waals surface area contributed by atoms with Crippen LogP contribution in [0.25, 0.3) is 0 Å². The molecule has 0 aliphatic heterocycles. The van der Waals surface area contributed by atoms with Gasteiger partial charge in [-0.05, 0) is 39.6 Å². The second-order valence-electron chi connectivity index (χ2n) is 10.3. The summed E-state index contributed by atoms with van der Waals surface area (Å²) in [5.41, 5.74) is 0.0475. The summed E-state index contributed by atoms with van der Waals surface area (Å²) in [6.45, 7) is 13.7. The predicted octanol–water partition coefficient (Wildman–Crippen LogP) is 5.20. The molecular formula is C26H36O2Si. The Hall–Kier alpha value is -1.71. The highest BCUT2D eigenvalue weighted by Crippen LogP contribution is 2.47. The van der Waals surface area contributed by atoms with Crippen LogP contribution in [0.2, 0.25) is 5.04 Å². The van der Waals surface area contributed by atoms with Gasteiger partial charge in [-0.3, -0.25) is 4.79 Å². The first-order chi connectivity index (χ1) is 13.6. The minimum Gasteiger partial charge on any atom is -0.400 e. The molecule has 0 spiro atoms. The molecule has 0 heterocycles. The first-order valence-corrected chi connectivity index (χ1v) is 12.8. The van der Waals surface area contributed by atoms with Crippen LogP contribution >= 0.6 is 0 Å². The maximum absolute atomic E-state index is 13.3. The lowest BCUT2D eigenvalue weighted by atomic mass is 9.74. The van der Waals surface area contributed by atoms with Gasteiger partial charge in [0.25, 0.3) is 8.32 Å². The van der Waals surface area contributed by atoms with Crippen molar-refractivity contribution < 1.29 is 9.22 Å². The fourth-order valence-corrected chi connectivity index (χ4v) is 9.64. The Balaban J connectivity index is 1.99. The molecule has 1 aliphatic rings. The smallest absolute Gasteiger partial charge is 0.261 e. The summed E-state index contributed by atoms with van der Waals surface area (Å²) in [5, 5.41) is 2.35. The lowest BCUT2D eigenvalue weighted by Gasteiger charge is -2.43. The van der Waals surface area contributed by atoms with E-state index < -0.39 is 8.32 Å². The number of ketones is 1. The lowest BCUT2D eigenvalue weighted by molar-refractivity contribution is -0.128. The zero-order chi connectivity index (χ0) is 21.3. The largest absolute Gasteiger partial charge is 0.400 e. The van der Waals surface area contributed by atoms with Crippen LogP contribution in [-0.4, -0.2) is 20.7 Å². The molecule has 2 aromatic carbocycles. The van der Waals surface area contributed by atoms with Crippen LogP contribution < -0.4 is 10.4 Å². The molecule has 1 fully saturated rings. The van der Waals surface area contributed by atoms with Crippen molar-refractivity contribution in [1.29, 1.82) is 0 Å². The Labute approximate surface area is 177 Å². The molecule has 0 unspecified atom stereocenters. The topological polar surface area (TPSA) is 26.3 Å². The Morgan fingerprint density at radius 3 is 1.83 bits per heavy atom. The SMILES string of the molecule is C[C@@H]1CC[C@H](C(=O)CO[Si](c2ccccc2)(c2ccccc2)C(C)(C)C)C1(C)C. The quantitative estimate of drug-likeness (QED) is 0.614. The first kappa shape index (κ1) is 22.0. The molecule has 2 atom stereocenters. The summed E-state index contributed by atoms with van der Waals surface area (Å²) in [4.78, 5) is 13.3. The minimum absolute atomic E-state index is 0.0475. The molecule has 3 rings (SSSR count). The molecule has 3 heteroatoms. The number of benzene rings is 2. The average Bonchev–Trinajstić information content (AvgIpc) is 2.95. The minimum atomic E-state index is -2.65. The van der Waals surface area contributed by atoms with Crippen LogP contribution in [0.15, 0.2) is 60.7 Å². The van der Waals surface area contributed by atoms with Crippen molar-refractivity contribution in [2.24, 2.45) is 17.3 Å². The van der Waals surface area contributed by atoms with Gasteiger partial charge in [0.15, 0.2) is 5.78 Å². The monoisotopic (exact) mass is 408 g/mol. The third kappa shape index (κ3) is 4.00. The van der Waals surface area contributed by atoms with Gasteiger partial charge >= 0.3 is 0 Å². The van der Waals surface area contributed by atoms with Crippen molar-refractivity contribution in [3.63, 3.8) is 0 Å². The van der Waals surface area contributed by atoms with Crippen molar-refractivity contribution in [3.05, 3.63) is 60.7 Å². The normalized spacial score (nSPS) is 21.9. The molecule has 0 radical (unpaired) electrons. The molecule has 2 nitrogen and oxygen atoms in total. The molecule has 156 valence electrons. The summed E-state index contributed by atoms with van der Waals surface area (Å²) in [5.74, 6) is 0.937. The number of hydrogen-bond donors (Lipinski definition) is 0. The van der Waals surface area contributed by atoms with Gasteiger partial charge in [0.2, 0.25) is 0 Å². The van der Waals surface area contributed by atoms with Gasteiger partial charge in [-0.1, -0.05) is 102 Å². The second kappa shape index (κ2) is 8.20. The van der Waals surface area contributed by atoms with Gasteiger partial charge in [-0.2, -0.15) is 0 Å². The van der Waals surface area contributed by atoms with E-state index >= 15 is 0 Å². The molecule has 0 saturated heterocycles. The van der Waals surface area contributed by atoms with Crippen LogP contribution in [0.1, 0.15) is 54.4 Å². The number of carbonyl (C=O) groups is 1.